The molecule has 1 amide bonds. The maximum atomic E-state index is 13.5. The fourth-order valence-corrected chi connectivity index (χ4v) is 3.94. The van der Waals surface area contributed by atoms with E-state index < -0.39 is 12.0 Å². The third-order valence-corrected chi connectivity index (χ3v) is 5.88. The molecule has 0 atom stereocenters. The molecule has 1 aliphatic heterocycles. The van der Waals surface area contributed by atoms with E-state index in [2.05, 4.69) is 0 Å². The van der Waals surface area contributed by atoms with Gasteiger partial charge in [0.2, 0.25) is 0 Å². The number of benzene rings is 2. The number of furan rings is 1. The van der Waals surface area contributed by atoms with Gasteiger partial charge >= 0.3 is 5.97 Å². The number of nitrogens with zero attached hydrogens (tertiary/aromatic N) is 2. The summed E-state index contributed by atoms with van der Waals surface area (Å²) in [5.74, 6) is 0.350. The molecule has 0 unspecified atom stereocenters. The molecule has 7 nitrogen and oxygen atoms in total. The standard InChI is InChI=1S/C27H30N2O5/c1-19(2)29(27(32)21-11-9-20(10-12-21)24-8-5-15-33-24)16-22-6-3-4-7-25(22)34-23-17-28(18-23)14-13-26(30)31/h3-12,15,19,23H,13-14,16-18H2,1-2H3,(H,30,31)/i19D. The lowest BCUT2D eigenvalue weighted by molar-refractivity contribution is -0.138. The molecule has 0 radical (unpaired) electrons. The molecule has 34 heavy (non-hydrogen) atoms. The van der Waals surface area contributed by atoms with Crippen LogP contribution in [0.3, 0.4) is 0 Å². The van der Waals surface area contributed by atoms with Crippen LogP contribution in [0.1, 0.15) is 37.6 Å². The van der Waals surface area contributed by atoms with Gasteiger partial charge in [0.05, 0.1) is 14.1 Å². The second-order valence-corrected chi connectivity index (χ2v) is 8.64. The van der Waals surface area contributed by atoms with Gasteiger partial charge in [-0.25, -0.2) is 0 Å². The lowest BCUT2D eigenvalue weighted by Gasteiger charge is -2.39. The normalized spacial score (nSPS) is 14.8. The number of carbonyl (C=O) groups excluding carboxylic acids is 1. The van der Waals surface area contributed by atoms with Gasteiger partial charge < -0.3 is 19.2 Å². The van der Waals surface area contributed by atoms with Gasteiger partial charge in [-0.1, -0.05) is 30.3 Å². The highest BCUT2D eigenvalue weighted by molar-refractivity contribution is 5.94. The Labute approximate surface area is 201 Å². The van der Waals surface area contributed by atoms with E-state index in [1.54, 1.807) is 32.2 Å². The highest BCUT2D eigenvalue weighted by atomic mass is 16.5. The highest BCUT2D eigenvalue weighted by Crippen LogP contribution is 2.26. The highest BCUT2D eigenvalue weighted by Gasteiger charge is 2.29. The SMILES string of the molecule is [2H]C(C)(C)N(Cc1ccccc1OC1CN(CCC(=O)O)C1)C(=O)c1ccc(-c2ccco2)cc1. The minimum atomic E-state index is -1.16. The number of ether oxygens (including phenoxy) is 1. The molecule has 1 fully saturated rings. The van der Waals surface area contributed by atoms with Crippen molar-refractivity contribution < 1.29 is 25.2 Å². The van der Waals surface area contributed by atoms with Crippen LogP contribution in [0, 0.1) is 0 Å². The van der Waals surface area contributed by atoms with Gasteiger partial charge in [-0.2, -0.15) is 0 Å². The van der Waals surface area contributed by atoms with Gasteiger partial charge in [0.1, 0.15) is 17.6 Å². The number of carbonyl (C=O) groups is 2. The fourth-order valence-electron chi connectivity index (χ4n) is 3.94. The summed E-state index contributed by atoms with van der Waals surface area (Å²) in [7, 11) is 0. The molecule has 1 aromatic heterocycles. The summed E-state index contributed by atoms with van der Waals surface area (Å²) in [5, 5.41) is 8.84. The van der Waals surface area contributed by atoms with E-state index in [1.165, 1.54) is 4.90 Å². The Bertz CT molecular complexity index is 1150. The molecule has 0 aliphatic carbocycles. The van der Waals surface area contributed by atoms with E-state index in [1.807, 2.05) is 53.4 Å². The lowest BCUT2D eigenvalue weighted by Crippen LogP contribution is -2.54. The molecule has 0 bridgehead atoms. The zero-order valence-corrected chi connectivity index (χ0v) is 19.4. The molecule has 2 heterocycles. The second-order valence-electron chi connectivity index (χ2n) is 8.64. The molecule has 0 saturated carbocycles. The average molecular weight is 464 g/mol. The molecule has 0 spiro atoms. The van der Waals surface area contributed by atoms with Crippen LogP contribution in [-0.2, 0) is 11.3 Å². The van der Waals surface area contributed by atoms with Gasteiger partial charge in [-0.3, -0.25) is 14.5 Å². The van der Waals surface area contributed by atoms with Crippen LogP contribution < -0.4 is 4.74 Å². The number of amides is 1. The first kappa shape index (κ1) is 22.2. The number of aliphatic carboxylic acids is 1. The van der Waals surface area contributed by atoms with Crippen molar-refractivity contribution in [2.24, 2.45) is 0 Å². The number of carboxylic acid groups (broad SMARTS) is 1. The Hall–Kier alpha value is -3.58. The van der Waals surface area contributed by atoms with Gasteiger partial charge in [0.25, 0.3) is 5.91 Å². The number of hydrogen-bond donors (Lipinski definition) is 1. The van der Waals surface area contributed by atoms with Crippen LogP contribution in [0.4, 0.5) is 0 Å². The van der Waals surface area contributed by atoms with E-state index >= 15 is 0 Å². The monoisotopic (exact) mass is 463 g/mol. The van der Waals surface area contributed by atoms with Crippen LogP contribution in [0.5, 0.6) is 5.75 Å². The zero-order valence-electron chi connectivity index (χ0n) is 20.4. The number of para-hydroxylation sites is 1. The summed E-state index contributed by atoms with van der Waals surface area (Å²) in [6.07, 6.45) is 1.68. The number of carboxylic acids is 1. The summed E-state index contributed by atoms with van der Waals surface area (Å²) < 4.78 is 20.2. The van der Waals surface area contributed by atoms with Crippen LogP contribution in [0.15, 0.2) is 71.3 Å². The maximum Gasteiger partial charge on any atom is 0.304 e. The van der Waals surface area contributed by atoms with E-state index in [-0.39, 0.29) is 25.0 Å². The summed E-state index contributed by atoms with van der Waals surface area (Å²) >= 11 is 0. The molecule has 1 saturated heterocycles. The van der Waals surface area contributed by atoms with E-state index in [0.717, 1.165) is 16.9 Å². The Balaban J connectivity index is 1.46. The van der Waals surface area contributed by atoms with Crippen LogP contribution >= 0.6 is 0 Å². The molecular formula is C27H30N2O5. The van der Waals surface area contributed by atoms with Crippen molar-refractivity contribution in [2.75, 3.05) is 19.6 Å². The predicted octanol–water partition coefficient (Wildman–Crippen LogP) is 4.54. The Kier molecular flexibility index (Phi) is 6.91. The fraction of sp³-hybridized carbons (Fsp3) is 0.333. The van der Waals surface area contributed by atoms with Crippen molar-refractivity contribution in [2.45, 2.75) is 38.9 Å². The first-order valence-corrected chi connectivity index (χ1v) is 11.4. The van der Waals surface area contributed by atoms with Crippen molar-refractivity contribution >= 4 is 11.9 Å². The third-order valence-electron chi connectivity index (χ3n) is 5.88. The van der Waals surface area contributed by atoms with Crippen LogP contribution in [0.2, 0.25) is 0 Å². The van der Waals surface area contributed by atoms with Crippen LogP contribution in [-0.4, -0.2) is 58.5 Å². The van der Waals surface area contributed by atoms with Crippen molar-refractivity contribution in [1.29, 1.82) is 0 Å². The Morgan fingerprint density at radius 2 is 1.88 bits per heavy atom. The number of rotatable bonds is 10. The van der Waals surface area contributed by atoms with Crippen molar-refractivity contribution in [3.63, 3.8) is 0 Å². The minimum absolute atomic E-state index is 0.0350. The zero-order chi connectivity index (χ0) is 25.0. The van der Waals surface area contributed by atoms with Gasteiger partial charge in [0, 0.05) is 48.9 Å². The smallest absolute Gasteiger partial charge is 0.304 e. The molecule has 2 aromatic carbocycles. The summed E-state index contributed by atoms with van der Waals surface area (Å²) in [6, 6.07) is 17.2. The molecule has 4 rings (SSSR count). The molecule has 7 heteroatoms. The molecule has 178 valence electrons. The summed E-state index contributed by atoms with van der Waals surface area (Å²) in [4.78, 5) is 27.8. The quantitative estimate of drug-likeness (QED) is 0.476. The molecule has 3 aromatic rings. The summed E-state index contributed by atoms with van der Waals surface area (Å²) in [5.41, 5.74) is 2.18. The third kappa shape index (κ3) is 5.66. The van der Waals surface area contributed by atoms with Crippen molar-refractivity contribution in [3.8, 4) is 17.1 Å². The lowest BCUT2D eigenvalue weighted by atomic mass is 10.1. The largest absolute Gasteiger partial charge is 0.487 e. The van der Waals surface area contributed by atoms with E-state index in [9.17, 15) is 9.59 Å². The predicted molar refractivity (Wildman–Crippen MR) is 129 cm³/mol. The first-order valence-electron chi connectivity index (χ1n) is 11.9. The molecular weight excluding hydrogens is 432 g/mol. The minimum Gasteiger partial charge on any atom is -0.487 e. The summed E-state index contributed by atoms with van der Waals surface area (Å²) in [6.45, 7) is 5.44. The number of likely N-dealkylation sites (tertiary alicyclic amines) is 1. The average Bonchev–Trinajstić information content (AvgIpc) is 3.33. The van der Waals surface area contributed by atoms with Crippen molar-refractivity contribution in [1.82, 2.24) is 9.80 Å². The Morgan fingerprint density at radius 1 is 1.15 bits per heavy atom. The second kappa shape index (κ2) is 10.6. The molecule has 1 N–H and O–H groups in total. The van der Waals surface area contributed by atoms with Gasteiger partial charge in [-0.15, -0.1) is 0 Å². The van der Waals surface area contributed by atoms with Crippen molar-refractivity contribution in [3.05, 3.63) is 78.1 Å². The van der Waals surface area contributed by atoms with Gasteiger partial charge in [0.15, 0.2) is 0 Å². The van der Waals surface area contributed by atoms with E-state index in [0.29, 0.717) is 30.9 Å². The van der Waals surface area contributed by atoms with Crippen LogP contribution in [0.25, 0.3) is 11.3 Å². The maximum absolute atomic E-state index is 13.5. The molecule has 1 aliphatic rings. The van der Waals surface area contributed by atoms with Gasteiger partial charge in [-0.05, 0) is 44.2 Å². The first-order chi connectivity index (χ1) is 16.7. The Morgan fingerprint density at radius 3 is 2.53 bits per heavy atom. The number of hydrogen-bond acceptors (Lipinski definition) is 5. The van der Waals surface area contributed by atoms with E-state index in [4.69, 9.17) is 15.6 Å². The topological polar surface area (TPSA) is 83.2 Å².